The molecule has 0 amide bonds. The van der Waals surface area contributed by atoms with Gasteiger partial charge in [0.05, 0.1) is 0 Å². The van der Waals surface area contributed by atoms with Crippen LogP contribution in [0.4, 0.5) is 0 Å². The second-order valence-corrected chi connectivity index (χ2v) is 5.36. The number of hydrogen-bond donors (Lipinski definition) is 1. The zero-order chi connectivity index (χ0) is 14.5. The molecule has 0 bridgehead atoms. The van der Waals surface area contributed by atoms with Crippen LogP contribution in [-0.2, 0) is 9.53 Å². The second-order valence-electron chi connectivity index (χ2n) is 5.36. The fraction of sp³-hybridized carbons (Fsp3) is 0.800. The third-order valence-electron chi connectivity index (χ3n) is 3.89. The predicted octanol–water partition coefficient (Wildman–Crippen LogP) is 1.42. The zero-order valence-electron chi connectivity index (χ0n) is 12.4. The molecule has 19 heavy (non-hydrogen) atoms. The molecule has 1 aliphatic rings. The van der Waals surface area contributed by atoms with E-state index in [1.54, 1.807) is 6.92 Å². The van der Waals surface area contributed by atoms with E-state index in [1.807, 2.05) is 13.8 Å². The molecule has 0 spiro atoms. The SMILES string of the molecule is CC#C[C@](O)(C(=O)OC1CCN(C)CC1)[C@H](C)CC. The molecule has 1 heterocycles. The Bertz CT molecular complexity index is 363. The molecule has 0 unspecified atom stereocenters. The average molecular weight is 267 g/mol. The van der Waals surface area contributed by atoms with Gasteiger partial charge in [-0.15, -0.1) is 5.92 Å². The molecule has 1 rings (SSSR count). The van der Waals surface area contributed by atoms with Gasteiger partial charge in [-0.3, -0.25) is 0 Å². The summed E-state index contributed by atoms with van der Waals surface area (Å²) in [4.78, 5) is 14.4. The van der Waals surface area contributed by atoms with Gasteiger partial charge in [0.2, 0.25) is 5.60 Å². The summed E-state index contributed by atoms with van der Waals surface area (Å²) in [5.74, 6) is 4.44. The van der Waals surface area contributed by atoms with E-state index in [9.17, 15) is 9.90 Å². The van der Waals surface area contributed by atoms with Crippen molar-refractivity contribution < 1.29 is 14.6 Å². The number of hydrogen-bond acceptors (Lipinski definition) is 4. The van der Waals surface area contributed by atoms with Gasteiger partial charge in [-0.1, -0.05) is 19.8 Å². The van der Waals surface area contributed by atoms with E-state index in [0.29, 0.717) is 6.42 Å². The summed E-state index contributed by atoms with van der Waals surface area (Å²) in [5, 5.41) is 10.5. The van der Waals surface area contributed by atoms with E-state index in [2.05, 4.69) is 23.8 Å². The molecule has 0 aromatic rings. The minimum atomic E-state index is -1.67. The Morgan fingerprint density at radius 2 is 2.11 bits per heavy atom. The van der Waals surface area contributed by atoms with Crippen LogP contribution in [0.1, 0.15) is 40.0 Å². The normalized spacial score (nSPS) is 21.9. The van der Waals surface area contributed by atoms with Crippen molar-refractivity contribution in [1.82, 2.24) is 4.90 Å². The fourth-order valence-electron chi connectivity index (χ4n) is 2.21. The highest BCUT2D eigenvalue weighted by molar-refractivity contribution is 5.84. The van der Waals surface area contributed by atoms with E-state index in [4.69, 9.17) is 4.74 Å². The van der Waals surface area contributed by atoms with Gasteiger partial charge in [-0.2, -0.15) is 0 Å². The molecule has 0 radical (unpaired) electrons. The molecular weight excluding hydrogens is 242 g/mol. The minimum absolute atomic E-state index is 0.0991. The molecule has 1 saturated heterocycles. The quantitative estimate of drug-likeness (QED) is 0.618. The lowest BCUT2D eigenvalue weighted by atomic mass is 9.87. The number of carbonyl (C=O) groups is 1. The monoisotopic (exact) mass is 267 g/mol. The third-order valence-corrected chi connectivity index (χ3v) is 3.89. The lowest BCUT2D eigenvalue weighted by molar-refractivity contribution is -0.171. The Kier molecular flexibility index (Phi) is 5.84. The van der Waals surface area contributed by atoms with E-state index in [1.165, 1.54) is 0 Å². The van der Waals surface area contributed by atoms with Crippen molar-refractivity contribution in [1.29, 1.82) is 0 Å². The van der Waals surface area contributed by atoms with E-state index >= 15 is 0 Å². The van der Waals surface area contributed by atoms with Crippen molar-refractivity contribution in [2.24, 2.45) is 5.92 Å². The number of esters is 1. The van der Waals surface area contributed by atoms with Gasteiger partial charge in [0.1, 0.15) is 6.10 Å². The molecule has 1 fully saturated rings. The number of rotatable bonds is 4. The van der Waals surface area contributed by atoms with E-state index < -0.39 is 11.6 Å². The Hall–Kier alpha value is -1.05. The number of carbonyl (C=O) groups excluding carboxylic acids is 1. The summed E-state index contributed by atoms with van der Waals surface area (Å²) in [6.07, 6.45) is 2.21. The van der Waals surface area contributed by atoms with Crippen LogP contribution in [-0.4, -0.2) is 47.8 Å². The Morgan fingerprint density at radius 1 is 1.53 bits per heavy atom. The highest BCUT2D eigenvalue weighted by atomic mass is 16.6. The van der Waals surface area contributed by atoms with Gasteiger partial charge in [0, 0.05) is 19.0 Å². The van der Waals surface area contributed by atoms with Crippen molar-refractivity contribution >= 4 is 5.97 Å². The molecule has 2 atom stereocenters. The summed E-state index contributed by atoms with van der Waals surface area (Å²) < 4.78 is 5.46. The average Bonchev–Trinajstić information content (AvgIpc) is 2.40. The topological polar surface area (TPSA) is 49.8 Å². The standard InChI is InChI=1S/C15H25NO3/c1-5-9-15(18,12(3)6-2)14(17)19-13-7-10-16(4)11-8-13/h12-13,18H,6-8,10-11H2,1-4H3/t12-,15-/m1/s1. The molecule has 4 nitrogen and oxygen atoms in total. The Balaban J connectivity index is 2.69. The molecular formula is C15H25NO3. The van der Waals surface area contributed by atoms with E-state index in [-0.39, 0.29) is 12.0 Å². The molecule has 4 heteroatoms. The van der Waals surface area contributed by atoms with Crippen molar-refractivity contribution in [2.75, 3.05) is 20.1 Å². The zero-order valence-corrected chi connectivity index (χ0v) is 12.4. The van der Waals surface area contributed by atoms with Crippen molar-refractivity contribution in [2.45, 2.75) is 51.7 Å². The van der Waals surface area contributed by atoms with Gasteiger partial charge >= 0.3 is 5.97 Å². The first kappa shape index (κ1) is 16.0. The van der Waals surface area contributed by atoms with Crippen LogP contribution in [0, 0.1) is 17.8 Å². The minimum Gasteiger partial charge on any atom is -0.459 e. The molecule has 1 aliphatic heterocycles. The Morgan fingerprint density at radius 3 is 2.58 bits per heavy atom. The summed E-state index contributed by atoms with van der Waals surface area (Å²) in [6, 6.07) is 0. The van der Waals surface area contributed by atoms with Crippen molar-refractivity contribution in [3.05, 3.63) is 0 Å². The molecule has 0 aromatic heterocycles. The van der Waals surface area contributed by atoms with Crippen LogP contribution < -0.4 is 0 Å². The van der Waals surface area contributed by atoms with Crippen LogP contribution in [0.2, 0.25) is 0 Å². The van der Waals surface area contributed by atoms with Crippen molar-refractivity contribution in [3.8, 4) is 11.8 Å². The third kappa shape index (κ3) is 3.95. The van der Waals surface area contributed by atoms with Gasteiger partial charge in [-0.25, -0.2) is 4.79 Å². The first-order valence-corrected chi connectivity index (χ1v) is 7.00. The number of likely N-dealkylation sites (tertiary alicyclic amines) is 1. The molecule has 0 aliphatic carbocycles. The maximum Gasteiger partial charge on any atom is 0.351 e. The molecule has 108 valence electrons. The highest BCUT2D eigenvalue weighted by Crippen LogP contribution is 2.24. The first-order chi connectivity index (χ1) is 8.93. The number of piperidine rings is 1. The lowest BCUT2D eigenvalue weighted by Gasteiger charge is -2.32. The second kappa shape index (κ2) is 6.93. The van der Waals surface area contributed by atoms with Gasteiger partial charge in [-0.05, 0) is 33.2 Å². The maximum absolute atomic E-state index is 12.2. The van der Waals surface area contributed by atoms with E-state index in [0.717, 1.165) is 25.9 Å². The summed E-state index contributed by atoms with van der Waals surface area (Å²) >= 11 is 0. The summed E-state index contributed by atoms with van der Waals surface area (Å²) in [6.45, 7) is 7.20. The van der Waals surface area contributed by atoms with Gasteiger partial charge in [0.25, 0.3) is 0 Å². The van der Waals surface area contributed by atoms with Crippen LogP contribution in [0.5, 0.6) is 0 Å². The summed E-state index contributed by atoms with van der Waals surface area (Å²) in [5.41, 5.74) is -1.67. The largest absolute Gasteiger partial charge is 0.459 e. The number of aliphatic hydroxyl groups is 1. The van der Waals surface area contributed by atoms with Crippen LogP contribution in [0.15, 0.2) is 0 Å². The van der Waals surface area contributed by atoms with Crippen LogP contribution in [0.25, 0.3) is 0 Å². The lowest BCUT2D eigenvalue weighted by Crippen LogP contribution is -2.47. The fourth-order valence-corrected chi connectivity index (χ4v) is 2.21. The number of ether oxygens (including phenoxy) is 1. The smallest absolute Gasteiger partial charge is 0.351 e. The molecule has 0 aromatic carbocycles. The number of nitrogens with zero attached hydrogens (tertiary/aromatic N) is 1. The van der Waals surface area contributed by atoms with Crippen molar-refractivity contribution in [3.63, 3.8) is 0 Å². The van der Waals surface area contributed by atoms with Gasteiger partial charge < -0.3 is 14.7 Å². The summed E-state index contributed by atoms with van der Waals surface area (Å²) in [7, 11) is 2.05. The first-order valence-electron chi connectivity index (χ1n) is 7.00. The molecule has 0 saturated carbocycles. The Labute approximate surface area is 116 Å². The highest BCUT2D eigenvalue weighted by Gasteiger charge is 2.42. The van der Waals surface area contributed by atoms with Gasteiger partial charge in [0.15, 0.2) is 0 Å². The maximum atomic E-state index is 12.2. The predicted molar refractivity (Wildman–Crippen MR) is 74.5 cm³/mol. The van der Waals surface area contributed by atoms with Crippen LogP contribution in [0.3, 0.4) is 0 Å². The van der Waals surface area contributed by atoms with Crippen LogP contribution >= 0.6 is 0 Å². The molecule has 1 N–H and O–H groups in total.